The number of benzene rings is 1. The third-order valence-electron chi connectivity index (χ3n) is 3.08. The van der Waals surface area contributed by atoms with Crippen molar-refractivity contribution in [3.05, 3.63) is 54.0 Å². The molecular formula is C15H14ClN3O. The van der Waals surface area contributed by atoms with Gasteiger partial charge < -0.3 is 4.74 Å². The van der Waals surface area contributed by atoms with Gasteiger partial charge in [0.2, 0.25) is 0 Å². The SMILES string of the molecule is COCc1cccc(-n2c(CCl)nc3cccnc32)c1. The predicted octanol–water partition coefficient (Wildman–Crippen LogP) is 3.31. The van der Waals surface area contributed by atoms with Gasteiger partial charge in [0.25, 0.3) is 0 Å². The van der Waals surface area contributed by atoms with Crippen molar-refractivity contribution in [2.75, 3.05) is 7.11 Å². The van der Waals surface area contributed by atoms with Crippen molar-refractivity contribution in [3.8, 4) is 5.69 Å². The Kier molecular flexibility index (Phi) is 3.67. The molecule has 3 aromatic rings. The molecule has 0 saturated carbocycles. The van der Waals surface area contributed by atoms with E-state index in [0.717, 1.165) is 28.2 Å². The zero-order chi connectivity index (χ0) is 13.9. The highest BCUT2D eigenvalue weighted by atomic mass is 35.5. The minimum Gasteiger partial charge on any atom is -0.380 e. The first-order valence-corrected chi connectivity index (χ1v) is 6.83. The van der Waals surface area contributed by atoms with Gasteiger partial charge in [0, 0.05) is 19.0 Å². The zero-order valence-electron chi connectivity index (χ0n) is 11.1. The maximum atomic E-state index is 6.02. The highest BCUT2D eigenvalue weighted by molar-refractivity contribution is 6.16. The van der Waals surface area contributed by atoms with E-state index < -0.39 is 0 Å². The third kappa shape index (κ3) is 2.28. The number of nitrogens with zero attached hydrogens (tertiary/aromatic N) is 3. The van der Waals surface area contributed by atoms with Crippen LogP contribution in [0.5, 0.6) is 0 Å². The molecule has 0 N–H and O–H groups in total. The first kappa shape index (κ1) is 13.1. The molecular weight excluding hydrogens is 274 g/mol. The molecule has 102 valence electrons. The Morgan fingerprint density at radius 2 is 2.15 bits per heavy atom. The predicted molar refractivity (Wildman–Crippen MR) is 79.1 cm³/mol. The fourth-order valence-corrected chi connectivity index (χ4v) is 2.45. The van der Waals surface area contributed by atoms with Crippen molar-refractivity contribution in [3.63, 3.8) is 0 Å². The summed E-state index contributed by atoms with van der Waals surface area (Å²) in [6.07, 6.45) is 1.76. The van der Waals surface area contributed by atoms with Crippen molar-refractivity contribution in [2.24, 2.45) is 0 Å². The molecule has 0 bridgehead atoms. The largest absolute Gasteiger partial charge is 0.380 e. The highest BCUT2D eigenvalue weighted by Gasteiger charge is 2.12. The number of ether oxygens (including phenoxy) is 1. The van der Waals surface area contributed by atoms with Gasteiger partial charge in [-0.25, -0.2) is 9.97 Å². The van der Waals surface area contributed by atoms with E-state index in [9.17, 15) is 0 Å². The van der Waals surface area contributed by atoms with Gasteiger partial charge in [0.1, 0.15) is 11.3 Å². The van der Waals surface area contributed by atoms with Gasteiger partial charge in [-0.1, -0.05) is 12.1 Å². The number of pyridine rings is 1. The van der Waals surface area contributed by atoms with Crippen molar-refractivity contribution >= 4 is 22.8 Å². The van der Waals surface area contributed by atoms with Crippen LogP contribution >= 0.6 is 11.6 Å². The summed E-state index contributed by atoms with van der Waals surface area (Å²) in [7, 11) is 1.69. The lowest BCUT2D eigenvalue weighted by atomic mass is 10.2. The van der Waals surface area contributed by atoms with E-state index in [-0.39, 0.29) is 0 Å². The van der Waals surface area contributed by atoms with Crippen molar-refractivity contribution in [1.82, 2.24) is 14.5 Å². The molecule has 1 aromatic carbocycles. The molecule has 0 atom stereocenters. The molecule has 3 rings (SSSR count). The Balaban J connectivity index is 2.20. The van der Waals surface area contributed by atoms with Crippen LogP contribution in [0.3, 0.4) is 0 Å². The number of hydrogen-bond acceptors (Lipinski definition) is 3. The summed E-state index contributed by atoms with van der Waals surface area (Å²) in [6.45, 7) is 0.574. The van der Waals surface area contributed by atoms with Crippen LogP contribution in [-0.2, 0) is 17.2 Å². The minimum atomic E-state index is 0.338. The molecule has 0 spiro atoms. The Morgan fingerprint density at radius 3 is 2.95 bits per heavy atom. The number of rotatable bonds is 4. The molecule has 0 aliphatic rings. The van der Waals surface area contributed by atoms with E-state index in [2.05, 4.69) is 16.0 Å². The van der Waals surface area contributed by atoms with E-state index in [1.165, 1.54) is 0 Å². The normalized spacial score (nSPS) is 11.1. The summed E-state index contributed by atoms with van der Waals surface area (Å²) < 4.78 is 7.17. The molecule has 0 radical (unpaired) electrons. The number of alkyl halides is 1. The van der Waals surface area contributed by atoms with E-state index in [1.807, 2.05) is 34.9 Å². The lowest BCUT2D eigenvalue weighted by Gasteiger charge is -2.09. The van der Waals surface area contributed by atoms with Gasteiger partial charge in [-0.15, -0.1) is 11.6 Å². The molecule has 2 aromatic heterocycles. The fraction of sp³-hybridized carbons (Fsp3) is 0.200. The maximum Gasteiger partial charge on any atom is 0.164 e. The van der Waals surface area contributed by atoms with Crippen molar-refractivity contribution in [2.45, 2.75) is 12.5 Å². The second-order valence-corrected chi connectivity index (χ2v) is 4.71. The quantitative estimate of drug-likeness (QED) is 0.691. The summed E-state index contributed by atoms with van der Waals surface area (Å²) in [5.41, 5.74) is 3.76. The summed E-state index contributed by atoms with van der Waals surface area (Å²) in [5, 5.41) is 0. The molecule has 0 saturated heterocycles. The molecule has 0 aliphatic carbocycles. The van der Waals surface area contributed by atoms with Gasteiger partial charge >= 0.3 is 0 Å². The monoisotopic (exact) mass is 287 g/mol. The van der Waals surface area contributed by atoms with Gasteiger partial charge in [-0.05, 0) is 29.8 Å². The molecule has 0 fully saturated rings. The maximum absolute atomic E-state index is 6.02. The standard InChI is InChI=1S/C15H14ClN3O/c1-20-10-11-4-2-5-12(8-11)19-14(9-16)18-13-6-3-7-17-15(13)19/h2-8H,9-10H2,1H3. The van der Waals surface area contributed by atoms with Gasteiger partial charge in [0.05, 0.1) is 12.5 Å². The van der Waals surface area contributed by atoms with Crippen molar-refractivity contribution in [1.29, 1.82) is 0 Å². The molecule has 5 heteroatoms. The Morgan fingerprint density at radius 1 is 1.25 bits per heavy atom. The van der Waals surface area contributed by atoms with Gasteiger partial charge in [-0.2, -0.15) is 0 Å². The van der Waals surface area contributed by atoms with Crippen LogP contribution in [0.2, 0.25) is 0 Å². The molecule has 0 unspecified atom stereocenters. The summed E-state index contributed by atoms with van der Waals surface area (Å²) in [4.78, 5) is 8.93. The van der Waals surface area contributed by atoms with E-state index in [4.69, 9.17) is 16.3 Å². The molecule has 2 heterocycles. The number of halogens is 1. The first-order valence-electron chi connectivity index (χ1n) is 6.30. The topological polar surface area (TPSA) is 39.9 Å². The van der Waals surface area contributed by atoms with Crippen LogP contribution in [0.25, 0.3) is 16.9 Å². The number of fused-ring (bicyclic) bond motifs is 1. The second-order valence-electron chi connectivity index (χ2n) is 4.45. The highest BCUT2D eigenvalue weighted by Crippen LogP contribution is 2.21. The Hall–Kier alpha value is -1.91. The number of hydrogen-bond donors (Lipinski definition) is 0. The van der Waals surface area contributed by atoms with Crippen LogP contribution < -0.4 is 0 Å². The number of aromatic nitrogens is 3. The molecule has 0 amide bonds. The van der Waals surface area contributed by atoms with E-state index >= 15 is 0 Å². The average Bonchev–Trinajstić information content (AvgIpc) is 2.86. The lowest BCUT2D eigenvalue weighted by molar-refractivity contribution is 0.185. The van der Waals surface area contributed by atoms with Crippen LogP contribution in [-0.4, -0.2) is 21.6 Å². The van der Waals surface area contributed by atoms with Gasteiger partial charge in [-0.3, -0.25) is 4.57 Å². The Labute approximate surface area is 122 Å². The molecule has 20 heavy (non-hydrogen) atoms. The average molecular weight is 288 g/mol. The van der Waals surface area contributed by atoms with Crippen LogP contribution in [0.1, 0.15) is 11.4 Å². The lowest BCUT2D eigenvalue weighted by Crippen LogP contribution is -2.01. The van der Waals surface area contributed by atoms with Crippen molar-refractivity contribution < 1.29 is 4.74 Å². The molecule has 4 nitrogen and oxygen atoms in total. The third-order valence-corrected chi connectivity index (χ3v) is 3.32. The fourth-order valence-electron chi connectivity index (χ4n) is 2.27. The summed E-state index contributed by atoms with van der Waals surface area (Å²) >= 11 is 6.02. The zero-order valence-corrected chi connectivity index (χ0v) is 11.8. The molecule has 0 aliphatic heterocycles. The van der Waals surface area contributed by atoms with E-state index in [0.29, 0.717) is 12.5 Å². The second kappa shape index (κ2) is 5.61. The smallest absolute Gasteiger partial charge is 0.164 e. The minimum absolute atomic E-state index is 0.338. The summed E-state index contributed by atoms with van der Waals surface area (Å²) in [6, 6.07) is 11.9. The van der Waals surface area contributed by atoms with Gasteiger partial charge in [0.15, 0.2) is 5.65 Å². The number of methoxy groups -OCH3 is 1. The van der Waals surface area contributed by atoms with E-state index in [1.54, 1.807) is 13.3 Å². The van der Waals surface area contributed by atoms with Crippen LogP contribution in [0, 0.1) is 0 Å². The number of imidazole rings is 1. The summed E-state index contributed by atoms with van der Waals surface area (Å²) in [5.74, 6) is 1.13. The Bertz CT molecular complexity index is 739. The van der Waals surface area contributed by atoms with Crippen LogP contribution in [0.15, 0.2) is 42.6 Å². The van der Waals surface area contributed by atoms with Crippen LogP contribution in [0.4, 0.5) is 0 Å². The first-order chi connectivity index (χ1) is 9.83.